The molecule has 1 aromatic heterocycles. The summed E-state index contributed by atoms with van der Waals surface area (Å²) in [5.74, 6) is 0.554. The predicted molar refractivity (Wildman–Crippen MR) is 72.4 cm³/mol. The van der Waals surface area contributed by atoms with Gasteiger partial charge in [-0.25, -0.2) is 0 Å². The Balaban J connectivity index is 2.20. The van der Waals surface area contributed by atoms with E-state index in [1.54, 1.807) is 0 Å². The van der Waals surface area contributed by atoms with E-state index in [4.69, 9.17) is 5.73 Å². The van der Waals surface area contributed by atoms with Gasteiger partial charge in [-0.3, -0.25) is 0 Å². The summed E-state index contributed by atoms with van der Waals surface area (Å²) in [6.45, 7) is 5.25. The molecule has 0 saturated heterocycles. The molecule has 1 aliphatic carbocycles. The fraction of sp³-hybridized carbons (Fsp3) is 0.467. The predicted octanol–water partition coefficient (Wildman–Crippen LogP) is 3.28. The van der Waals surface area contributed by atoms with Gasteiger partial charge in [0.2, 0.25) is 0 Å². The van der Waals surface area contributed by atoms with Crippen molar-refractivity contribution in [3.8, 4) is 0 Å². The Hall–Kier alpha value is -1.28. The fourth-order valence-electron chi connectivity index (χ4n) is 2.83. The number of nitrogens with one attached hydrogen (secondary N) is 1. The average Bonchev–Trinajstić information content (AvgIpc) is 3.01. The summed E-state index contributed by atoms with van der Waals surface area (Å²) in [5.41, 5.74) is 10.3. The van der Waals surface area contributed by atoms with Crippen LogP contribution in [0.5, 0.6) is 0 Å². The molecule has 0 radical (unpaired) electrons. The minimum Gasteiger partial charge on any atom is -0.361 e. The Bertz CT molecular complexity index is 547. The van der Waals surface area contributed by atoms with E-state index in [-0.39, 0.29) is 5.41 Å². The molecular weight excluding hydrogens is 208 g/mol. The molecule has 90 valence electrons. The van der Waals surface area contributed by atoms with Crippen molar-refractivity contribution in [1.82, 2.24) is 4.98 Å². The Morgan fingerprint density at radius 1 is 1.35 bits per heavy atom. The zero-order valence-electron chi connectivity index (χ0n) is 10.6. The van der Waals surface area contributed by atoms with Gasteiger partial charge in [0.1, 0.15) is 0 Å². The van der Waals surface area contributed by atoms with Crippen molar-refractivity contribution in [2.24, 2.45) is 5.73 Å². The number of aromatic nitrogens is 1. The minimum absolute atomic E-state index is 0.272. The van der Waals surface area contributed by atoms with Crippen LogP contribution in [0.1, 0.15) is 43.7 Å². The number of benzene rings is 1. The standard InChI is InChI=1S/C15H20N2/c1-10(2)11-4-3-5-12-13(8-17-14(11)12)15(9-16)6-7-15/h3-5,8,10,17H,6-7,9,16H2,1-2H3. The third-order valence-corrected chi connectivity index (χ3v) is 4.19. The molecule has 3 N–H and O–H groups in total. The van der Waals surface area contributed by atoms with E-state index < -0.39 is 0 Å². The molecule has 17 heavy (non-hydrogen) atoms. The van der Waals surface area contributed by atoms with Crippen LogP contribution in [0.2, 0.25) is 0 Å². The molecule has 2 heteroatoms. The van der Waals surface area contributed by atoms with Crippen molar-refractivity contribution in [3.05, 3.63) is 35.5 Å². The molecule has 1 heterocycles. The number of hydrogen-bond donors (Lipinski definition) is 2. The molecule has 2 aromatic rings. The number of para-hydroxylation sites is 1. The third-order valence-electron chi connectivity index (χ3n) is 4.19. The lowest BCUT2D eigenvalue weighted by atomic mass is 9.93. The number of H-pyrrole nitrogens is 1. The third kappa shape index (κ3) is 1.51. The Kier molecular flexibility index (Phi) is 2.30. The highest BCUT2D eigenvalue weighted by atomic mass is 14.7. The van der Waals surface area contributed by atoms with Gasteiger partial charge in [0.25, 0.3) is 0 Å². The molecule has 3 rings (SSSR count). The molecule has 0 spiro atoms. The highest BCUT2D eigenvalue weighted by molar-refractivity contribution is 5.88. The van der Waals surface area contributed by atoms with Crippen LogP contribution in [-0.2, 0) is 5.41 Å². The van der Waals surface area contributed by atoms with E-state index in [0.717, 1.165) is 6.54 Å². The first kappa shape index (κ1) is 10.8. The second kappa shape index (κ2) is 3.61. The van der Waals surface area contributed by atoms with Gasteiger partial charge in [-0.1, -0.05) is 32.0 Å². The van der Waals surface area contributed by atoms with Crippen LogP contribution >= 0.6 is 0 Å². The molecule has 0 aliphatic heterocycles. The summed E-state index contributed by atoms with van der Waals surface area (Å²) in [5, 5.41) is 1.37. The molecule has 1 aromatic carbocycles. The minimum atomic E-state index is 0.272. The molecule has 1 fully saturated rings. The van der Waals surface area contributed by atoms with Crippen molar-refractivity contribution in [2.45, 2.75) is 38.0 Å². The normalized spacial score (nSPS) is 17.9. The largest absolute Gasteiger partial charge is 0.361 e. The first-order chi connectivity index (χ1) is 8.18. The average molecular weight is 228 g/mol. The van der Waals surface area contributed by atoms with Crippen LogP contribution in [0, 0.1) is 0 Å². The number of nitrogens with two attached hydrogens (primary N) is 1. The lowest BCUT2D eigenvalue weighted by Gasteiger charge is -2.12. The number of aromatic amines is 1. The maximum Gasteiger partial charge on any atom is 0.0492 e. The zero-order chi connectivity index (χ0) is 12.0. The van der Waals surface area contributed by atoms with Crippen LogP contribution in [0.4, 0.5) is 0 Å². The molecule has 0 atom stereocenters. The van der Waals surface area contributed by atoms with E-state index in [1.165, 1.54) is 34.9 Å². The monoisotopic (exact) mass is 228 g/mol. The lowest BCUT2D eigenvalue weighted by Crippen LogP contribution is -2.19. The van der Waals surface area contributed by atoms with Crippen molar-refractivity contribution in [2.75, 3.05) is 6.54 Å². The highest BCUT2D eigenvalue weighted by Crippen LogP contribution is 2.49. The van der Waals surface area contributed by atoms with Crippen LogP contribution < -0.4 is 5.73 Å². The summed E-state index contributed by atoms with van der Waals surface area (Å²) in [7, 11) is 0. The molecule has 2 nitrogen and oxygen atoms in total. The summed E-state index contributed by atoms with van der Waals surface area (Å²) in [6.07, 6.45) is 4.65. The van der Waals surface area contributed by atoms with Crippen molar-refractivity contribution in [1.29, 1.82) is 0 Å². The van der Waals surface area contributed by atoms with Crippen LogP contribution in [-0.4, -0.2) is 11.5 Å². The van der Waals surface area contributed by atoms with Crippen molar-refractivity contribution in [3.63, 3.8) is 0 Å². The SMILES string of the molecule is CC(C)c1cccc2c(C3(CN)CC3)c[nH]c12. The maximum atomic E-state index is 5.93. The van der Waals surface area contributed by atoms with E-state index >= 15 is 0 Å². The van der Waals surface area contributed by atoms with Crippen molar-refractivity contribution < 1.29 is 0 Å². The summed E-state index contributed by atoms with van der Waals surface area (Å²) in [4.78, 5) is 3.46. The number of rotatable bonds is 3. The molecule has 1 aliphatic rings. The van der Waals surface area contributed by atoms with Crippen LogP contribution in [0.25, 0.3) is 10.9 Å². The zero-order valence-corrected chi connectivity index (χ0v) is 10.6. The molecule has 1 saturated carbocycles. The first-order valence-electron chi connectivity index (χ1n) is 6.48. The second-order valence-electron chi connectivity index (χ2n) is 5.61. The summed E-state index contributed by atoms with van der Waals surface area (Å²) >= 11 is 0. The molecule has 0 unspecified atom stereocenters. The second-order valence-corrected chi connectivity index (χ2v) is 5.61. The number of hydrogen-bond acceptors (Lipinski definition) is 1. The summed E-state index contributed by atoms with van der Waals surface area (Å²) < 4.78 is 0. The van der Waals surface area contributed by atoms with E-state index in [9.17, 15) is 0 Å². The maximum absolute atomic E-state index is 5.93. The van der Waals surface area contributed by atoms with Gasteiger partial charge >= 0.3 is 0 Å². The quantitative estimate of drug-likeness (QED) is 0.831. The Labute approximate surface area is 102 Å². The van der Waals surface area contributed by atoms with Gasteiger partial charge < -0.3 is 10.7 Å². The van der Waals surface area contributed by atoms with Crippen LogP contribution in [0.15, 0.2) is 24.4 Å². The van der Waals surface area contributed by atoms with Crippen LogP contribution in [0.3, 0.4) is 0 Å². The van der Waals surface area contributed by atoms with Gasteiger partial charge in [0, 0.05) is 29.1 Å². The highest BCUT2D eigenvalue weighted by Gasteiger charge is 2.44. The van der Waals surface area contributed by atoms with E-state index in [1.807, 2.05) is 0 Å². The topological polar surface area (TPSA) is 41.8 Å². The van der Waals surface area contributed by atoms with Gasteiger partial charge in [-0.2, -0.15) is 0 Å². The smallest absolute Gasteiger partial charge is 0.0492 e. The Morgan fingerprint density at radius 2 is 2.12 bits per heavy atom. The fourth-order valence-corrected chi connectivity index (χ4v) is 2.83. The van der Waals surface area contributed by atoms with Gasteiger partial charge in [-0.15, -0.1) is 0 Å². The van der Waals surface area contributed by atoms with E-state index in [2.05, 4.69) is 43.2 Å². The van der Waals surface area contributed by atoms with E-state index in [0.29, 0.717) is 5.92 Å². The number of fused-ring (bicyclic) bond motifs is 1. The van der Waals surface area contributed by atoms with Gasteiger partial charge in [0.15, 0.2) is 0 Å². The van der Waals surface area contributed by atoms with Gasteiger partial charge in [0.05, 0.1) is 0 Å². The lowest BCUT2D eigenvalue weighted by molar-refractivity contribution is 0.711. The molecule has 0 amide bonds. The first-order valence-corrected chi connectivity index (χ1v) is 6.48. The van der Waals surface area contributed by atoms with Gasteiger partial charge in [-0.05, 0) is 29.9 Å². The van der Waals surface area contributed by atoms with Crippen molar-refractivity contribution >= 4 is 10.9 Å². The molecule has 0 bridgehead atoms. The summed E-state index contributed by atoms with van der Waals surface area (Å²) in [6, 6.07) is 6.61. The molecular formula is C15H20N2. The Morgan fingerprint density at radius 3 is 2.71 bits per heavy atom.